The summed E-state index contributed by atoms with van der Waals surface area (Å²) in [6.07, 6.45) is 1.99. The highest BCUT2D eigenvalue weighted by Gasteiger charge is 2.31. The molecule has 0 aliphatic carbocycles. The maximum atomic E-state index is 13.2. The second kappa shape index (κ2) is 6.91. The van der Waals surface area contributed by atoms with E-state index >= 15 is 0 Å². The Morgan fingerprint density at radius 2 is 1.52 bits per heavy atom. The van der Waals surface area contributed by atoms with Crippen LogP contribution in [0.5, 0.6) is 0 Å². The highest BCUT2D eigenvalue weighted by Crippen LogP contribution is 2.48. The van der Waals surface area contributed by atoms with E-state index in [0.717, 1.165) is 27.2 Å². The Morgan fingerprint density at radius 1 is 0.840 bits per heavy atom. The molecule has 0 aromatic heterocycles. The summed E-state index contributed by atoms with van der Waals surface area (Å²) in [4.78, 5) is 14.2. The van der Waals surface area contributed by atoms with Crippen molar-refractivity contribution < 1.29 is 4.79 Å². The number of benzene rings is 3. The van der Waals surface area contributed by atoms with Gasteiger partial charge in [-0.3, -0.25) is 4.79 Å². The third kappa shape index (κ3) is 3.28. The number of hydrogen-bond acceptors (Lipinski definition) is 2. The summed E-state index contributed by atoms with van der Waals surface area (Å²) in [6, 6.07) is 25.6. The molecule has 3 aromatic rings. The summed E-state index contributed by atoms with van der Waals surface area (Å²) >= 11 is 7.71. The topological polar surface area (TPSA) is 17.1 Å². The molecule has 0 fully saturated rings. The van der Waals surface area contributed by atoms with Gasteiger partial charge in [0.15, 0.2) is 5.78 Å². The van der Waals surface area contributed by atoms with Crippen LogP contribution in [0.4, 0.5) is 0 Å². The SMILES string of the molecule is O=C1/C(=C\c2ccc(Cl)cc2)C(c2ccccc2)Sc2ccccc21. The van der Waals surface area contributed by atoms with Gasteiger partial charge < -0.3 is 0 Å². The predicted molar refractivity (Wildman–Crippen MR) is 105 cm³/mol. The van der Waals surface area contributed by atoms with Gasteiger partial charge >= 0.3 is 0 Å². The van der Waals surface area contributed by atoms with Gasteiger partial charge in [-0.15, -0.1) is 11.8 Å². The van der Waals surface area contributed by atoms with Crippen LogP contribution >= 0.6 is 23.4 Å². The molecule has 25 heavy (non-hydrogen) atoms. The van der Waals surface area contributed by atoms with Gasteiger partial charge in [-0.25, -0.2) is 0 Å². The van der Waals surface area contributed by atoms with Gasteiger partial charge in [-0.2, -0.15) is 0 Å². The monoisotopic (exact) mass is 362 g/mol. The van der Waals surface area contributed by atoms with Crippen molar-refractivity contribution in [1.29, 1.82) is 0 Å². The van der Waals surface area contributed by atoms with Gasteiger partial charge in [-0.1, -0.05) is 66.2 Å². The lowest BCUT2D eigenvalue weighted by atomic mass is 9.94. The maximum Gasteiger partial charge on any atom is 0.191 e. The quantitative estimate of drug-likeness (QED) is 0.487. The summed E-state index contributed by atoms with van der Waals surface area (Å²) in [5.41, 5.74) is 3.70. The van der Waals surface area contributed by atoms with Crippen LogP contribution in [0, 0.1) is 0 Å². The molecule has 1 heterocycles. The zero-order valence-electron chi connectivity index (χ0n) is 13.4. The minimum Gasteiger partial charge on any atom is -0.289 e. The lowest BCUT2D eigenvalue weighted by molar-refractivity contribution is 0.102. The first-order valence-corrected chi connectivity index (χ1v) is 9.30. The van der Waals surface area contributed by atoms with E-state index in [1.165, 1.54) is 0 Å². The number of rotatable bonds is 2. The van der Waals surface area contributed by atoms with Crippen molar-refractivity contribution in [1.82, 2.24) is 0 Å². The third-order valence-electron chi connectivity index (χ3n) is 4.22. The Labute approximate surface area is 156 Å². The third-order valence-corrected chi connectivity index (χ3v) is 5.84. The highest BCUT2D eigenvalue weighted by molar-refractivity contribution is 8.00. The Hall–Kier alpha value is -2.29. The van der Waals surface area contributed by atoms with Crippen molar-refractivity contribution in [2.75, 3.05) is 0 Å². The number of ketones is 1. The zero-order valence-corrected chi connectivity index (χ0v) is 14.9. The molecule has 0 radical (unpaired) electrons. The minimum atomic E-state index is -0.0146. The van der Waals surface area contributed by atoms with E-state index in [1.807, 2.05) is 72.8 Å². The van der Waals surface area contributed by atoms with Crippen molar-refractivity contribution in [3.8, 4) is 0 Å². The Kier molecular flexibility index (Phi) is 4.48. The molecule has 122 valence electrons. The van der Waals surface area contributed by atoms with Gasteiger partial charge in [0, 0.05) is 21.1 Å². The number of thioether (sulfide) groups is 1. The predicted octanol–water partition coefficient (Wildman–Crippen LogP) is 6.45. The normalized spacial score (nSPS) is 18.2. The van der Waals surface area contributed by atoms with Gasteiger partial charge in [0.25, 0.3) is 0 Å². The van der Waals surface area contributed by atoms with Crippen LogP contribution in [0.2, 0.25) is 5.02 Å². The lowest BCUT2D eigenvalue weighted by Crippen LogP contribution is -2.16. The summed E-state index contributed by atoms with van der Waals surface area (Å²) < 4.78 is 0. The van der Waals surface area contributed by atoms with Crippen LogP contribution in [-0.4, -0.2) is 5.78 Å². The van der Waals surface area contributed by atoms with Gasteiger partial charge in [0.1, 0.15) is 0 Å². The second-order valence-corrected chi connectivity index (χ2v) is 7.47. The highest BCUT2D eigenvalue weighted by atomic mass is 35.5. The van der Waals surface area contributed by atoms with Crippen LogP contribution in [-0.2, 0) is 0 Å². The zero-order chi connectivity index (χ0) is 17.2. The van der Waals surface area contributed by atoms with Crippen LogP contribution in [0.1, 0.15) is 26.7 Å². The molecule has 0 saturated carbocycles. The fraction of sp³-hybridized carbons (Fsp3) is 0.0455. The smallest absolute Gasteiger partial charge is 0.191 e. The molecule has 0 amide bonds. The van der Waals surface area contributed by atoms with Crippen LogP contribution < -0.4 is 0 Å². The van der Waals surface area contributed by atoms with Gasteiger partial charge in [0.2, 0.25) is 0 Å². The number of fused-ring (bicyclic) bond motifs is 1. The summed E-state index contributed by atoms with van der Waals surface area (Å²) in [6.45, 7) is 0. The first kappa shape index (κ1) is 16.2. The van der Waals surface area contributed by atoms with Crippen LogP contribution in [0.3, 0.4) is 0 Å². The first-order chi connectivity index (χ1) is 12.2. The van der Waals surface area contributed by atoms with Crippen molar-refractivity contribution >= 4 is 35.2 Å². The van der Waals surface area contributed by atoms with Gasteiger partial charge in [-0.05, 0) is 41.5 Å². The molecule has 0 saturated heterocycles. The molecule has 3 heteroatoms. The molecular weight excluding hydrogens is 348 g/mol. The fourth-order valence-electron chi connectivity index (χ4n) is 2.98. The molecule has 0 bridgehead atoms. The molecule has 1 atom stereocenters. The Morgan fingerprint density at radius 3 is 2.28 bits per heavy atom. The van der Waals surface area contributed by atoms with Crippen molar-refractivity contribution in [3.05, 3.63) is 106 Å². The molecule has 1 nitrogen and oxygen atoms in total. The summed E-state index contributed by atoms with van der Waals surface area (Å²) in [5.74, 6) is 0.0955. The van der Waals surface area contributed by atoms with Crippen molar-refractivity contribution in [2.45, 2.75) is 10.1 Å². The molecule has 1 unspecified atom stereocenters. The van der Waals surface area contributed by atoms with E-state index in [4.69, 9.17) is 11.6 Å². The fourth-order valence-corrected chi connectivity index (χ4v) is 4.40. The molecule has 1 aliphatic rings. The van der Waals surface area contributed by atoms with E-state index in [-0.39, 0.29) is 11.0 Å². The van der Waals surface area contributed by atoms with E-state index < -0.39 is 0 Å². The van der Waals surface area contributed by atoms with Crippen molar-refractivity contribution in [2.24, 2.45) is 0 Å². The van der Waals surface area contributed by atoms with Crippen molar-refractivity contribution in [3.63, 3.8) is 0 Å². The van der Waals surface area contributed by atoms with E-state index in [2.05, 4.69) is 12.1 Å². The Bertz CT molecular complexity index is 945. The van der Waals surface area contributed by atoms with E-state index in [9.17, 15) is 4.79 Å². The molecular formula is C22H15ClOS. The number of hydrogen-bond donors (Lipinski definition) is 0. The summed E-state index contributed by atoms with van der Waals surface area (Å²) in [5, 5.41) is 0.677. The average molecular weight is 363 g/mol. The maximum absolute atomic E-state index is 13.2. The number of Topliss-reactive ketones (excluding diaryl/α,β-unsaturated/α-hetero) is 1. The first-order valence-electron chi connectivity index (χ1n) is 8.05. The molecule has 0 N–H and O–H groups in total. The standard InChI is InChI=1S/C22H15ClOS/c23-17-12-10-15(11-13-17)14-19-21(24)18-8-4-5-9-20(18)25-22(19)16-6-2-1-3-7-16/h1-14,22H/b19-14+. The number of carbonyl (C=O) groups is 1. The second-order valence-electron chi connectivity index (χ2n) is 5.89. The van der Waals surface area contributed by atoms with E-state index in [1.54, 1.807) is 11.8 Å². The van der Waals surface area contributed by atoms with E-state index in [0.29, 0.717) is 5.02 Å². The molecule has 0 spiro atoms. The molecule has 4 rings (SSSR count). The number of carbonyl (C=O) groups excluding carboxylic acids is 1. The molecule has 3 aromatic carbocycles. The van der Waals surface area contributed by atoms with Crippen LogP contribution in [0.15, 0.2) is 89.3 Å². The average Bonchev–Trinajstić information content (AvgIpc) is 2.66. The van der Waals surface area contributed by atoms with Crippen LogP contribution in [0.25, 0.3) is 6.08 Å². The number of halogens is 1. The Balaban J connectivity index is 1.85. The minimum absolute atomic E-state index is 0.0146. The summed E-state index contributed by atoms with van der Waals surface area (Å²) in [7, 11) is 0. The lowest BCUT2D eigenvalue weighted by Gasteiger charge is -2.26. The largest absolute Gasteiger partial charge is 0.289 e. The molecule has 1 aliphatic heterocycles. The van der Waals surface area contributed by atoms with Gasteiger partial charge in [0.05, 0.1) is 5.25 Å².